The maximum atomic E-state index is 13.2. The van der Waals surface area contributed by atoms with Crippen LogP contribution in [-0.2, 0) is 0 Å². The zero-order valence-electron chi connectivity index (χ0n) is 12.9. The Morgan fingerprint density at radius 1 is 1.26 bits per heavy atom. The molecule has 2 fully saturated rings. The maximum absolute atomic E-state index is 13.2. The number of benzene rings is 1. The van der Waals surface area contributed by atoms with Gasteiger partial charge in [-0.25, -0.2) is 14.2 Å². The number of piperidine rings is 1. The fourth-order valence-electron chi connectivity index (χ4n) is 3.91. The number of amides is 2. The summed E-state index contributed by atoms with van der Waals surface area (Å²) in [6, 6.07) is 4.41. The molecule has 1 aromatic carbocycles. The van der Waals surface area contributed by atoms with Gasteiger partial charge in [0.1, 0.15) is 5.82 Å². The van der Waals surface area contributed by atoms with Gasteiger partial charge in [-0.05, 0) is 42.9 Å². The molecule has 0 radical (unpaired) electrons. The van der Waals surface area contributed by atoms with Crippen LogP contribution in [-0.4, -0.2) is 29.0 Å². The summed E-state index contributed by atoms with van der Waals surface area (Å²) >= 11 is 1.32. The Morgan fingerprint density at radius 3 is 2.96 bits per heavy atom. The van der Waals surface area contributed by atoms with Crippen molar-refractivity contribution in [3.05, 3.63) is 24.0 Å². The molecular weight excluding hydrogens is 313 g/mol. The Hall–Kier alpha value is -1.69. The molecule has 2 amide bonds. The summed E-state index contributed by atoms with van der Waals surface area (Å²) in [5.74, 6) is 1.18. The van der Waals surface area contributed by atoms with Gasteiger partial charge < -0.3 is 4.90 Å². The first kappa shape index (κ1) is 14.9. The maximum Gasteiger partial charge on any atom is 0.323 e. The van der Waals surface area contributed by atoms with Crippen molar-refractivity contribution in [2.75, 3.05) is 18.4 Å². The minimum atomic E-state index is -0.279. The highest BCUT2D eigenvalue weighted by molar-refractivity contribution is 7.22. The third kappa shape index (κ3) is 3.04. The van der Waals surface area contributed by atoms with E-state index < -0.39 is 0 Å². The molecule has 2 aliphatic rings. The van der Waals surface area contributed by atoms with Crippen LogP contribution in [0.1, 0.15) is 32.1 Å². The molecule has 2 aromatic rings. The Balaban J connectivity index is 1.44. The van der Waals surface area contributed by atoms with E-state index in [0.29, 0.717) is 11.0 Å². The van der Waals surface area contributed by atoms with Gasteiger partial charge in [-0.2, -0.15) is 0 Å². The molecule has 4 rings (SSSR count). The van der Waals surface area contributed by atoms with Crippen LogP contribution in [0, 0.1) is 17.7 Å². The van der Waals surface area contributed by atoms with Gasteiger partial charge in [0.2, 0.25) is 0 Å². The topological polar surface area (TPSA) is 45.2 Å². The molecule has 1 aliphatic carbocycles. The third-order valence-electron chi connectivity index (χ3n) is 5.14. The van der Waals surface area contributed by atoms with E-state index in [-0.39, 0.29) is 11.8 Å². The van der Waals surface area contributed by atoms with E-state index in [1.54, 1.807) is 6.07 Å². The van der Waals surface area contributed by atoms with Gasteiger partial charge in [0.25, 0.3) is 0 Å². The van der Waals surface area contributed by atoms with Gasteiger partial charge in [-0.15, -0.1) is 0 Å². The van der Waals surface area contributed by atoms with Crippen molar-refractivity contribution in [1.29, 1.82) is 0 Å². The largest absolute Gasteiger partial charge is 0.324 e. The Kier molecular flexibility index (Phi) is 3.93. The molecule has 2 atom stereocenters. The second-order valence-electron chi connectivity index (χ2n) is 6.60. The highest BCUT2D eigenvalue weighted by atomic mass is 32.1. The summed E-state index contributed by atoms with van der Waals surface area (Å²) < 4.78 is 14.0. The van der Waals surface area contributed by atoms with Gasteiger partial charge in [0.05, 0.1) is 10.2 Å². The molecule has 1 aliphatic heterocycles. The first-order valence-electron chi connectivity index (χ1n) is 8.31. The SMILES string of the molecule is O=C(Nc1nc2ccc(F)cc2s1)N1CC[C@H]2CCCC[C@H]2C1. The lowest BCUT2D eigenvalue weighted by Gasteiger charge is -2.41. The Labute approximate surface area is 138 Å². The average Bonchev–Trinajstić information content (AvgIpc) is 2.95. The number of nitrogens with zero attached hydrogens (tertiary/aromatic N) is 2. The molecule has 1 N–H and O–H groups in total. The van der Waals surface area contributed by atoms with Crippen LogP contribution < -0.4 is 5.32 Å². The van der Waals surface area contributed by atoms with Crippen molar-refractivity contribution in [1.82, 2.24) is 9.88 Å². The number of fused-ring (bicyclic) bond motifs is 2. The molecule has 2 heterocycles. The normalized spacial score (nSPS) is 24.5. The first-order chi connectivity index (χ1) is 11.2. The smallest absolute Gasteiger partial charge is 0.323 e. The van der Waals surface area contributed by atoms with Gasteiger partial charge in [0.15, 0.2) is 5.13 Å². The van der Waals surface area contributed by atoms with Crippen molar-refractivity contribution in [3.8, 4) is 0 Å². The zero-order chi connectivity index (χ0) is 15.8. The van der Waals surface area contributed by atoms with Crippen molar-refractivity contribution in [3.63, 3.8) is 0 Å². The minimum Gasteiger partial charge on any atom is -0.324 e. The van der Waals surface area contributed by atoms with Crippen LogP contribution in [0.3, 0.4) is 0 Å². The Bertz CT molecular complexity index is 732. The van der Waals surface area contributed by atoms with Crippen LogP contribution in [0.25, 0.3) is 10.2 Å². The van der Waals surface area contributed by atoms with Crippen LogP contribution >= 0.6 is 11.3 Å². The lowest BCUT2D eigenvalue weighted by molar-refractivity contribution is 0.108. The second kappa shape index (κ2) is 6.07. The minimum absolute atomic E-state index is 0.0754. The number of carbonyl (C=O) groups excluding carboxylic acids is 1. The number of carbonyl (C=O) groups is 1. The van der Waals surface area contributed by atoms with Gasteiger partial charge in [0, 0.05) is 13.1 Å². The second-order valence-corrected chi connectivity index (χ2v) is 7.63. The molecule has 1 saturated heterocycles. The predicted octanol–water partition coefficient (Wildman–Crippen LogP) is 4.48. The summed E-state index contributed by atoms with van der Waals surface area (Å²) in [5, 5.41) is 3.43. The number of rotatable bonds is 1. The molecule has 1 aromatic heterocycles. The monoisotopic (exact) mass is 333 g/mol. The lowest BCUT2D eigenvalue weighted by atomic mass is 9.75. The number of thiazole rings is 1. The molecule has 0 spiro atoms. The van der Waals surface area contributed by atoms with Gasteiger partial charge in [-0.3, -0.25) is 5.32 Å². The molecular formula is C17H20FN3OS. The van der Waals surface area contributed by atoms with Crippen molar-refractivity contribution < 1.29 is 9.18 Å². The standard InChI is InChI=1S/C17H20FN3OS/c18-13-5-6-14-15(9-13)23-16(19-14)20-17(22)21-8-7-11-3-1-2-4-12(11)10-21/h5-6,9,11-12H,1-4,7-8,10H2,(H,19,20,22)/t11-,12+/m1/s1. The first-order valence-corrected chi connectivity index (χ1v) is 9.13. The number of urea groups is 1. The Morgan fingerprint density at radius 2 is 2.09 bits per heavy atom. The van der Waals surface area contributed by atoms with E-state index in [2.05, 4.69) is 10.3 Å². The van der Waals surface area contributed by atoms with Crippen molar-refractivity contribution in [2.24, 2.45) is 11.8 Å². The molecule has 1 saturated carbocycles. The number of halogens is 1. The summed E-state index contributed by atoms with van der Waals surface area (Å²) in [6.45, 7) is 1.68. The number of likely N-dealkylation sites (tertiary alicyclic amines) is 1. The summed E-state index contributed by atoms with van der Waals surface area (Å²) in [4.78, 5) is 18.8. The molecule has 23 heavy (non-hydrogen) atoms. The molecule has 4 nitrogen and oxygen atoms in total. The van der Waals surface area contributed by atoms with E-state index in [9.17, 15) is 9.18 Å². The van der Waals surface area contributed by atoms with Gasteiger partial charge >= 0.3 is 6.03 Å². The highest BCUT2D eigenvalue weighted by Crippen LogP contribution is 2.36. The number of hydrogen-bond acceptors (Lipinski definition) is 3. The fourth-order valence-corrected chi connectivity index (χ4v) is 4.79. The van der Waals surface area contributed by atoms with Gasteiger partial charge in [-0.1, -0.05) is 30.6 Å². The van der Waals surface area contributed by atoms with Crippen LogP contribution in [0.4, 0.5) is 14.3 Å². The number of anilines is 1. The summed E-state index contributed by atoms with van der Waals surface area (Å²) in [5.41, 5.74) is 0.720. The van der Waals surface area contributed by atoms with E-state index in [1.165, 1.54) is 49.2 Å². The van der Waals surface area contributed by atoms with E-state index in [1.807, 2.05) is 4.90 Å². The van der Waals surface area contributed by atoms with E-state index in [0.717, 1.165) is 35.6 Å². The lowest BCUT2D eigenvalue weighted by Crippen LogP contribution is -2.46. The number of aromatic nitrogens is 1. The van der Waals surface area contributed by atoms with Crippen LogP contribution in [0.15, 0.2) is 18.2 Å². The van der Waals surface area contributed by atoms with Crippen molar-refractivity contribution in [2.45, 2.75) is 32.1 Å². The number of hydrogen-bond donors (Lipinski definition) is 1. The molecule has 0 bridgehead atoms. The van der Waals surface area contributed by atoms with Crippen LogP contribution in [0.2, 0.25) is 0 Å². The quantitative estimate of drug-likeness (QED) is 0.836. The highest BCUT2D eigenvalue weighted by Gasteiger charge is 2.33. The van der Waals surface area contributed by atoms with Crippen LogP contribution in [0.5, 0.6) is 0 Å². The third-order valence-corrected chi connectivity index (χ3v) is 6.08. The summed E-state index contributed by atoms with van der Waals surface area (Å²) in [7, 11) is 0. The van der Waals surface area contributed by atoms with E-state index in [4.69, 9.17) is 0 Å². The summed E-state index contributed by atoms with van der Waals surface area (Å²) in [6.07, 6.45) is 6.32. The zero-order valence-corrected chi connectivity index (χ0v) is 13.7. The average molecular weight is 333 g/mol. The number of nitrogens with one attached hydrogen (secondary N) is 1. The van der Waals surface area contributed by atoms with E-state index >= 15 is 0 Å². The molecule has 0 unspecified atom stereocenters. The molecule has 6 heteroatoms. The fraction of sp³-hybridized carbons (Fsp3) is 0.529. The molecule has 122 valence electrons. The predicted molar refractivity (Wildman–Crippen MR) is 90.2 cm³/mol. The van der Waals surface area contributed by atoms with Crippen molar-refractivity contribution >= 4 is 32.7 Å².